The first kappa shape index (κ1) is 20.3. The highest BCUT2D eigenvalue weighted by molar-refractivity contribution is 5.92. The molecule has 1 amide bonds. The number of carbonyl (C=O) groups is 1. The minimum absolute atomic E-state index is 0.0438. The van der Waals surface area contributed by atoms with Crippen molar-refractivity contribution < 1.29 is 9.53 Å². The first-order valence-corrected chi connectivity index (χ1v) is 9.72. The van der Waals surface area contributed by atoms with Crippen molar-refractivity contribution in [3.05, 3.63) is 77.6 Å². The van der Waals surface area contributed by atoms with Gasteiger partial charge in [0.05, 0.1) is 11.8 Å². The van der Waals surface area contributed by atoms with Crippen LogP contribution in [0.2, 0.25) is 0 Å². The molecule has 0 aliphatic rings. The maximum atomic E-state index is 12.6. The first-order chi connectivity index (χ1) is 14.0. The molecule has 3 rings (SSSR count). The van der Waals surface area contributed by atoms with Crippen molar-refractivity contribution in [2.24, 2.45) is 0 Å². The van der Waals surface area contributed by atoms with Gasteiger partial charge in [-0.05, 0) is 51.0 Å². The molecule has 0 saturated heterocycles. The molecular formula is C23H26N4O2. The monoisotopic (exact) mass is 390 g/mol. The van der Waals surface area contributed by atoms with Gasteiger partial charge in [0, 0.05) is 12.2 Å². The number of hydrogen-bond donors (Lipinski definition) is 2. The normalized spacial score (nSPS) is 10.6. The van der Waals surface area contributed by atoms with Crippen LogP contribution in [-0.2, 0) is 6.42 Å². The lowest BCUT2D eigenvalue weighted by atomic mass is 10.1. The lowest BCUT2D eigenvalue weighted by molar-refractivity contribution is 0.0949. The van der Waals surface area contributed by atoms with Gasteiger partial charge in [-0.2, -0.15) is 0 Å². The number of amides is 1. The van der Waals surface area contributed by atoms with Crippen molar-refractivity contribution in [3.8, 4) is 5.75 Å². The quantitative estimate of drug-likeness (QED) is 0.600. The summed E-state index contributed by atoms with van der Waals surface area (Å²) in [5.74, 6) is 0.848. The van der Waals surface area contributed by atoms with Gasteiger partial charge < -0.3 is 15.4 Å². The van der Waals surface area contributed by atoms with Crippen LogP contribution in [0, 0.1) is 6.92 Å². The smallest absolute Gasteiger partial charge is 0.270 e. The fraction of sp³-hybridized carbons (Fsp3) is 0.261. The van der Waals surface area contributed by atoms with Gasteiger partial charge in [0.1, 0.15) is 11.4 Å². The molecule has 6 heteroatoms. The highest BCUT2D eigenvalue weighted by atomic mass is 16.5. The molecule has 3 aromatic rings. The summed E-state index contributed by atoms with van der Waals surface area (Å²) in [5, 5.41) is 6.09. The molecule has 0 fully saturated rings. The Morgan fingerprint density at radius 1 is 1.03 bits per heavy atom. The van der Waals surface area contributed by atoms with Gasteiger partial charge in [-0.15, -0.1) is 0 Å². The Bertz CT molecular complexity index is 958. The molecule has 6 nitrogen and oxygen atoms in total. The third-order valence-corrected chi connectivity index (χ3v) is 4.13. The van der Waals surface area contributed by atoms with Crippen LogP contribution in [-0.4, -0.2) is 28.5 Å². The fourth-order valence-electron chi connectivity index (χ4n) is 2.84. The van der Waals surface area contributed by atoms with Crippen LogP contribution in [0.1, 0.15) is 35.6 Å². The number of ether oxygens (including phenoxy) is 1. The van der Waals surface area contributed by atoms with Gasteiger partial charge in [0.25, 0.3) is 5.91 Å². The maximum absolute atomic E-state index is 12.6. The summed E-state index contributed by atoms with van der Waals surface area (Å²) >= 11 is 0. The second kappa shape index (κ2) is 9.68. The molecular weight excluding hydrogens is 364 g/mol. The number of aromatic nitrogens is 2. The van der Waals surface area contributed by atoms with E-state index in [0.29, 0.717) is 29.6 Å². The molecule has 0 saturated carbocycles. The zero-order valence-corrected chi connectivity index (χ0v) is 17.0. The van der Waals surface area contributed by atoms with Gasteiger partial charge in [0.2, 0.25) is 5.95 Å². The van der Waals surface area contributed by atoms with Crippen molar-refractivity contribution in [2.45, 2.75) is 33.3 Å². The summed E-state index contributed by atoms with van der Waals surface area (Å²) < 4.78 is 5.82. The summed E-state index contributed by atoms with van der Waals surface area (Å²) in [5.41, 5.74) is 2.96. The Hall–Kier alpha value is -3.41. The van der Waals surface area contributed by atoms with Gasteiger partial charge >= 0.3 is 0 Å². The minimum atomic E-state index is -0.221. The highest BCUT2D eigenvalue weighted by Crippen LogP contribution is 2.27. The third kappa shape index (κ3) is 6.04. The molecule has 150 valence electrons. The second-order valence-electron chi connectivity index (χ2n) is 7.00. The predicted octanol–water partition coefficient (Wildman–Crippen LogP) is 4.29. The van der Waals surface area contributed by atoms with E-state index in [9.17, 15) is 4.79 Å². The van der Waals surface area contributed by atoms with Crippen LogP contribution in [0.4, 0.5) is 11.6 Å². The topological polar surface area (TPSA) is 76.1 Å². The van der Waals surface area contributed by atoms with Crippen molar-refractivity contribution in [1.29, 1.82) is 0 Å². The number of nitrogens with zero attached hydrogens (tertiary/aromatic N) is 2. The first-order valence-electron chi connectivity index (χ1n) is 9.72. The van der Waals surface area contributed by atoms with E-state index < -0.39 is 0 Å². The summed E-state index contributed by atoms with van der Waals surface area (Å²) in [6.07, 6.45) is 0.809. The number of aryl methyl sites for hydroxylation is 1. The Labute approximate surface area is 171 Å². The van der Waals surface area contributed by atoms with Crippen molar-refractivity contribution in [3.63, 3.8) is 0 Å². The van der Waals surface area contributed by atoms with Crippen LogP contribution >= 0.6 is 0 Å². The number of para-hydroxylation sites is 2. The molecule has 0 atom stereocenters. The van der Waals surface area contributed by atoms with E-state index in [-0.39, 0.29) is 12.0 Å². The molecule has 0 aliphatic carbocycles. The molecule has 1 heterocycles. The Morgan fingerprint density at radius 2 is 1.76 bits per heavy atom. The van der Waals surface area contributed by atoms with E-state index >= 15 is 0 Å². The van der Waals surface area contributed by atoms with E-state index in [1.807, 2.05) is 75.4 Å². The molecule has 2 N–H and O–H groups in total. The van der Waals surface area contributed by atoms with Crippen molar-refractivity contribution in [2.75, 3.05) is 11.9 Å². The second-order valence-corrected chi connectivity index (χ2v) is 7.00. The van der Waals surface area contributed by atoms with Crippen LogP contribution in [0.25, 0.3) is 0 Å². The zero-order chi connectivity index (χ0) is 20.6. The zero-order valence-electron chi connectivity index (χ0n) is 17.0. The number of benzene rings is 2. The molecule has 1 aromatic heterocycles. The summed E-state index contributed by atoms with van der Waals surface area (Å²) in [6, 6.07) is 19.3. The van der Waals surface area contributed by atoms with Gasteiger partial charge in [-0.3, -0.25) is 4.79 Å². The molecule has 0 unspecified atom stereocenters. The summed E-state index contributed by atoms with van der Waals surface area (Å²) in [4.78, 5) is 21.3. The maximum Gasteiger partial charge on any atom is 0.270 e. The summed E-state index contributed by atoms with van der Waals surface area (Å²) in [6.45, 7) is 6.32. The molecule has 0 radical (unpaired) electrons. The number of carbonyl (C=O) groups excluding carboxylic acids is 1. The van der Waals surface area contributed by atoms with Gasteiger partial charge in [0.15, 0.2) is 0 Å². The molecule has 0 bridgehead atoms. The fourth-order valence-corrected chi connectivity index (χ4v) is 2.84. The van der Waals surface area contributed by atoms with E-state index in [1.165, 1.54) is 5.56 Å². The lowest BCUT2D eigenvalue weighted by Crippen LogP contribution is -2.27. The van der Waals surface area contributed by atoms with Crippen LogP contribution in [0.5, 0.6) is 5.75 Å². The third-order valence-electron chi connectivity index (χ3n) is 4.13. The number of hydrogen-bond acceptors (Lipinski definition) is 5. The number of nitrogens with one attached hydrogen (secondary N) is 2. The van der Waals surface area contributed by atoms with E-state index in [1.54, 1.807) is 6.07 Å². The van der Waals surface area contributed by atoms with E-state index in [4.69, 9.17) is 4.74 Å². The minimum Gasteiger partial charge on any atom is -0.489 e. The highest BCUT2D eigenvalue weighted by Gasteiger charge is 2.12. The largest absolute Gasteiger partial charge is 0.489 e. The standard InChI is InChI=1S/C23H26N4O2/c1-16(2)29-21-12-8-7-11-19(21)26-23-25-17(3)15-20(27-23)22(28)24-14-13-18-9-5-4-6-10-18/h4-12,15-16H,13-14H2,1-3H3,(H,24,28)(H,25,26,27). The Morgan fingerprint density at radius 3 is 2.52 bits per heavy atom. The number of anilines is 2. The Balaban J connectivity index is 1.69. The number of rotatable bonds is 8. The van der Waals surface area contributed by atoms with E-state index in [0.717, 1.165) is 12.1 Å². The van der Waals surface area contributed by atoms with Crippen LogP contribution in [0.3, 0.4) is 0 Å². The van der Waals surface area contributed by atoms with Crippen LogP contribution < -0.4 is 15.4 Å². The Kier molecular flexibility index (Phi) is 6.79. The molecule has 2 aromatic carbocycles. The molecule has 29 heavy (non-hydrogen) atoms. The molecule has 0 spiro atoms. The average molecular weight is 390 g/mol. The van der Waals surface area contributed by atoms with Gasteiger partial charge in [-0.1, -0.05) is 42.5 Å². The van der Waals surface area contributed by atoms with Crippen LogP contribution in [0.15, 0.2) is 60.7 Å². The van der Waals surface area contributed by atoms with Gasteiger partial charge in [-0.25, -0.2) is 9.97 Å². The predicted molar refractivity (Wildman–Crippen MR) is 115 cm³/mol. The average Bonchev–Trinajstić information content (AvgIpc) is 2.69. The SMILES string of the molecule is Cc1cc(C(=O)NCCc2ccccc2)nc(Nc2ccccc2OC(C)C)n1. The van der Waals surface area contributed by atoms with Crippen molar-refractivity contribution in [1.82, 2.24) is 15.3 Å². The molecule has 0 aliphatic heterocycles. The summed E-state index contributed by atoms with van der Waals surface area (Å²) in [7, 11) is 0. The lowest BCUT2D eigenvalue weighted by Gasteiger charge is -2.15. The van der Waals surface area contributed by atoms with Crippen molar-refractivity contribution >= 4 is 17.5 Å². The van der Waals surface area contributed by atoms with E-state index in [2.05, 4.69) is 20.6 Å².